The maximum Gasteiger partial charge on any atom is 0.137 e. The fourth-order valence-corrected chi connectivity index (χ4v) is 4.39. The first-order valence-corrected chi connectivity index (χ1v) is 11.0. The Bertz CT molecular complexity index is 779. The molecule has 0 N–H and O–H groups in total. The van der Waals surface area contributed by atoms with Gasteiger partial charge in [-0.15, -0.1) is 0 Å². The molecule has 1 aliphatic rings. The van der Waals surface area contributed by atoms with Crippen molar-refractivity contribution in [1.82, 2.24) is 0 Å². The smallest absolute Gasteiger partial charge is 0.137 e. The Morgan fingerprint density at radius 1 is 0.929 bits per heavy atom. The van der Waals surface area contributed by atoms with Gasteiger partial charge in [0.15, 0.2) is 0 Å². The number of hydrogen-bond donors (Lipinski definition) is 0. The molecule has 2 heteroatoms. The van der Waals surface area contributed by atoms with Crippen molar-refractivity contribution in [1.29, 1.82) is 5.26 Å². The van der Waals surface area contributed by atoms with Crippen LogP contribution >= 0.6 is 0 Å². The van der Waals surface area contributed by atoms with Crippen molar-refractivity contribution in [2.75, 3.05) is 6.61 Å². The van der Waals surface area contributed by atoms with Crippen LogP contribution in [0.4, 0.5) is 0 Å². The molecule has 0 aliphatic heterocycles. The fraction of sp³-hybridized carbons (Fsp3) is 0.500. The summed E-state index contributed by atoms with van der Waals surface area (Å²) in [7, 11) is 0. The summed E-state index contributed by atoms with van der Waals surface area (Å²) >= 11 is 0. The van der Waals surface area contributed by atoms with Gasteiger partial charge in [-0.1, -0.05) is 63.4 Å². The van der Waals surface area contributed by atoms with Gasteiger partial charge in [0.2, 0.25) is 0 Å². The highest BCUT2D eigenvalue weighted by molar-refractivity contribution is 5.67. The van der Waals surface area contributed by atoms with E-state index in [0.29, 0.717) is 23.8 Å². The molecule has 0 saturated heterocycles. The molecule has 0 radical (unpaired) electrons. The van der Waals surface area contributed by atoms with E-state index in [0.717, 1.165) is 24.3 Å². The Balaban J connectivity index is 1.67. The van der Waals surface area contributed by atoms with E-state index in [1.807, 2.05) is 12.1 Å². The zero-order chi connectivity index (χ0) is 19.8. The minimum atomic E-state index is 0.618. The zero-order valence-electron chi connectivity index (χ0n) is 17.4. The highest BCUT2D eigenvalue weighted by atomic mass is 16.5. The summed E-state index contributed by atoms with van der Waals surface area (Å²) in [6.07, 6.45) is 10.2. The first-order valence-electron chi connectivity index (χ1n) is 11.0. The molecule has 2 nitrogen and oxygen atoms in total. The average Bonchev–Trinajstić information content (AvgIpc) is 2.75. The zero-order valence-corrected chi connectivity index (χ0v) is 17.4. The molecular weight excluding hydrogens is 342 g/mol. The summed E-state index contributed by atoms with van der Waals surface area (Å²) < 4.78 is 5.76. The van der Waals surface area contributed by atoms with Crippen LogP contribution in [-0.4, -0.2) is 6.61 Å². The van der Waals surface area contributed by atoms with Crippen LogP contribution in [0.1, 0.15) is 82.3 Å². The normalized spacial score (nSPS) is 19.2. The van der Waals surface area contributed by atoms with Gasteiger partial charge < -0.3 is 4.74 Å². The standard InChI is InChI=1S/C26H33NO/c1-3-5-17-28-26-16-15-24(18-25(26)19-27)23-13-11-22(12-14-23)21-9-7-20(6-4-2)8-10-21/h11-16,18,20-21H,3-10,17H2,1-2H3/t20-,21-. The second kappa shape index (κ2) is 10.3. The maximum absolute atomic E-state index is 9.49. The molecule has 0 amide bonds. The molecule has 3 rings (SSSR count). The van der Waals surface area contributed by atoms with Crippen LogP contribution in [0.3, 0.4) is 0 Å². The molecule has 148 valence electrons. The van der Waals surface area contributed by atoms with Crippen LogP contribution < -0.4 is 4.74 Å². The maximum atomic E-state index is 9.49. The Morgan fingerprint density at radius 2 is 1.64 bits per heavy atom. The van der Waals surface area contributed by atoms with Crippen LogP contribution in [0.25, 0.3) is 11.1 Å². The lowest BCUT2D eigenvalue weighted by molar-refractivity contribution is 0.308. The van der Waals surface area contributed by atoms with Gasteiger partial charge >= 0.3 is 0 Å². The third kappa shape index (κ3) is 5.16. The largest absolute Gasteiger partial charge is 0.492 e. The Labute approximate surface area is 170 Å². The van der Waals surface area contributed by atoms with Gasteiger partial charge in [-0.3, -0.25) is 0 Å². The van der Waals surface area contributed by atoms with E-state index in [2.05, 4.69) is 50.2 Å². The monoisotopic (exact) mass is 375 g/mol. The van der Waals surface area contributed by atoms with Crippen LogP contribution in [0.15, 0.2) is 42.5 Å². The van der Waals surface area contributed by atoms with Gasteiger partial charge in [-0.25, -0.2) is 0 Å². The molecule has 0 unspecified atom stereocenters. The van der Waals surface area contributed by atoms with E-state index in [9.17, 15) is 5.26 Å². The minimum Gasteiger partial charge on any atom is -0.492 e. The molecule has 0 heterocycles. The van der Waals surface area contributed by atoms with Gasteiger partial charge in [0.25, 0.3) is 0 Å². The lowest BCUT2D eigenvalue weighted by Gasteiger charge is -2.28. The van der Waals surface area contributed by atoms with Crippen molar-refractivity contribution in [2.24, 2.45) is 5.92 Å². The van der Waals surface area contributed by atoms with Gasteiger partial charge in [-0.05, 0) is 72.8 Å². The molecular formula is C26H33NO. The fourth-order valence-electron chi connectivity index (χ4n) is 4.39. The molecule has 0 bridgehead atoms. The number of nitriles is 1. The van der Waals surface area contributed by atoms with Crippen LogP contribution in [0.5, 0.6) is 5.75 Å². The van der Waals surface area contributed by atoms with Crippen LogP contribution in [0.2, 0.25) is 0 Å². The van der Waals surface area contributed by atoms with Crippen molar-refractivity contribution in [3.63, 3.8) is 0 Å². The Morgan fingerprint density at radius 3 is 2.29 bits per heavy atom. The number of nitrogens with zero attached hydrogens (tertiary/aromatic N) is 1. The van der Waals surface area contributed by atoms with Crippen molar-refractivity contribution < 1.29 is 4.74 Å². The summed E-state index contributed by atoms with van der Waals surface area (Å²) in [6.45, 7) is 5.10. The van der Waals surface area contributed by atoms with Gasteiger partial charge in [0, 0.05) is 0 Å². The van der Waals surface area contributed by atoms with Crippen molar-refractivity contribution in [3.05, 3.63) is 53.6 Å². The molecule has 2 aromatic carbocycles. The predicted octanol–water partition coefficient (Wildman–Crippen LogP) is 7.48. The molecule has 2 aromatic rings. The number of hydrogen-bond acceptors (Lipinski definition) is 2. The highest BCUT2D eigenvalue weighted by Gasteiger charge is 2.21. The van der Waals surface area contributed by atoms with E-state index in [1.54, 1.807) is 0 Å². The number of unbranched alkanes of at least 4 members (excludes halogenated alkanes) is 1. The predicted molar refractivity (Wildman–Crippen MR) is 117 cm³/mol. The quantitative estimate of drug-likeness (QED) is 0.448. The first kappa shape index (κ1) is 20.5. The van der Waals surface area contributed by atoms with E-state index in [1.165, 1.54) is 49.7 Å². The Hall–Kier alpha value is -2.27. The summed E-state index contributed by atoms with van der Waals surface area (Å²) in [5.74, 6) is 2.36. The third-order valence-corrected chi connectivity index (χ3v) is 6.11. The summed E-state index contributed by atoms with van der Waals surface area (Å²) in [6, 6.07) is 17.2. The van der Waals surface area contributed by atoms with E-state index in [-0.39, 0.29) is 0 Å². The minimum absolute atomic E-state index is 0.618. The highest BCUT2D eigenvalue weighted by Crippen LogP contribution is 2.38. The topological polar surface area (TPSA) is 33.0 Å². The van der Waals surface area contributed by atoms with Gasteiger partial charge in [0.1, 0.15) is 11.8 Å². The lowest BCUT2D eigenvalue weighted by atomic mass is 9.77. The SMILES string of the molecule is CCCCOc1ccc(-c2ccc([C@H]3CC[C@H](CCC)CC3)cc2)cc1C#N. The van der Waals surface area contributed by atoms with E-state index < -0.39 is 0 Å². The first-order chi connectivity index (χ1) is 13.7. The molecule has 28 heavy (non-hydrogen) atoms. The van der Waals surface area contributed by atoms with Crippen molar-refractivity contribution in [3.8, 4) is 22.9 Å². The average molecular weight is 376 g/mol. The molecule has 0 spiro atoms. The number of rotatable bonds is 8. The second-order valence-electron chi connectivity index (χ2n) is 8.15. The second-order valence-corrected chi connectivity index (χ2v) is 8.15. The van der Waals surface area contributed by atoms with Crippen LogP contribution in [0, 0.1) is 17.2 Å². The summed E-state index contributed by atoms with van der Waals surface area (Å²) in [4.78, 5) is 0. The van der Waals surface area contributed by atoms with E-state index >= 15 is 0 Å². The number of benzene rings is 2. The number of ether oxygens (including phenoxy) is 1. The molecule has 0 atom stereocenters. The van der Waals surface area contributed by atoms with Gasteiger partial charge in [-0.2, -0.15) is 5.26 Å². The molecule has 1 saturated carbocycles. The van der Waals surface area contributed by atoms with Gasteiger partial charge in [0.05, 0.1) is 12.2 Å². The lowest BCUT2D eigenvalue weighted by Crippen LogP contribution is -2.13. The molecule has 1 fully saturated rings. The van der Waals surface area contributed by atoms with Crippen LogP contribution in [-0.2, 0) is 0 Å². The third-order valence-electron chi connectivity index (χ3n) is 6.11. The van der Waals surface area contributed by atoms with Crippen molar-refractivity contribution in [2.45, 2.75) is 71.1 Å². The Kier molecular flexibility index (Phi) is 7.54. The van der Waals surface area contributed by atoms with Crippen molar-refractivity contribution >= 4 is 0 Å². The summed E-state index contributed by atoms with van der Waals surface area (Å²) in [5.41, 5.74) is 4.34. The molecule has 0 aromatic heterocycles. The molecule has 1 aliphatic carbocycles. The summed E-state index contributed by atoms with van der Waals surface area (Å²) in [5, 5.41) is 9.49. The van der Waals surface area contributed by atoms with E-state index in [4.69, 9.17) is 4.74 Å².